The van der Waals surface area contributed by atoms with Crippen molar-refractivity contribution in [1.29, 1.82) is 0 Å². The lowest BCUT2D eigenvalue weighted by Gasteiger charge is -2.17. The van der Waals surface area contributed by atoms with Gasteiger partial charge >= 0.3 is 0 Å². The van der Waals surface area contributed by atoms with Crippen molar-refractivity contribution in [2.75, 3.05) is 0 Å². The maximum atomic E-state index is 14.0. The zero-order chi connectivity index (χ0) is 19.7. The summed E-state index contributed by atoms with van der Waals surface area (Å²) < 4.78 is 40.7. The summed E-state index contributed by atoms with van der Waals surface area (Å²) in [5, 5.41) is 10.2. The number of fused-ring (bicyclic) bond motifs is 1. The van der Waals surface area contributed by atoms with Crippen molar-refractivity contribution in [3.8, 4) is 0 Å². The number of benzene rings is 2. The molecule has 1 aromatic heterocycles. The van der Waals surface area contributed by atoms with Crippen LogP contribution in [0.4, 0.5) is 13.2 Å². The molecule has 2 unspecified atom stereocenters. The van der Waals surface area contributed by atoms with Gasteiger partial charge in [0.2, 0.25) is 0 Å². The Hall–Kier alpha value is -2.31. The SMILES string of the molecule is CC([CH]CC(O)c1ccc(F)c(Cl)c1)c1c[nH]c(=O)c2c(F)c(F)ccc12. The average Bonchev–Trinajstić information content (AvgIpc) is 2.64. The molecule has 2 N–H and O–H groups in total. The Bertz CT molecular complexity index is 1050. The number of pyridine rings is 1. The molecule has 0 aliphatic heterocycles. The molecule has 1 radical (unpaired) electrons. The number of hydrogen-bond acceptors (Lipinski definition) is 2. The van der Waals surface area contributed by atoms with E-state index >= 15 is 0 Å². The first-order valence-corrected chi connectivity index (χ1v) is 8.63. The lowest BCUT2D eigenvalue weighted by Crippen LogP contribution is -2.12. The minimum Gasteiger partial charge on any atom is -0.388 e. The fourth-order valence-corrected chi connectivity index (χ4v) is 3.19. The molecule has 0 fully saturated rings. The molecule has 0 bridgehead atoms. The first-order chi connectivity index (χ1) is 12.8. The van der Waals surface area contributed by atoms with Crippen LogP contribution in [0.15, 0.2) is 41.3 Å². The third-order valence-corrected chi connectivity index (χ3v) is 4.81. The van der Waals surface area contributed by atoms with Gasteiger partial charge in [-0.3, -0.25) is 4.79 Å². The van der Waals surface area contributed by atoms with Crippen molar-refractivity contribution in [1.82, 2.24) is 4.98 Å². The molecule has 0 amide bonds. The fourth-order valence-electron chi connectivity index (χ4n) is 3.00. The van der Waals surface area contributed by atoms with Gasteiger partial charge in [-0.15, -0.1) is 0 Å². The van der Waals surface area contributed by atoms with Crippen molar-refractivity contribution >= 4 is 22.4 Å². The molecule has 0 aliphatic rings. The summed E-state index contributed by atoms with van der Waals surface area (Å²) >= 11 is 5.73. The van der Waals surface area contributed by atoms with E-state index in [9.17, 15) is 23.1 Å². The zero-order valence-electron chi connectivity index (χ0n) is 14.3. The van der Waals surface area contributed by atoms with E-state index in [-0.39, 0.29) is 22.7 Å². The van der Waals surface area contributed by atoms with Crippen LogP contribution in [0, 0.1) is 23.9 Å². The molecule has 0 aliphatic carbocycles. The fraction of sp³-hybridized carbons (Fsp3) is 0.200. The number of hydrogen-bond donors (Lipinski definition) is 2. The summed E-state index contributed by atoms with van der Waals surface area (Å²) in [6.07, 6.45) is 2.53. The maximum absolute atomic E-state index is 14.0. The predicted molar refractivity (Wildman–Crippen MR) is 98.2 cm³/mol. The Balaban J connectivity index is 1.83. The molecule has 1 heterocycles. The number of aromatic nitrogens is 1. The summed E-state index contributed by atoms with van der Waals surface area (Å²) in [6.45, 7) is 1.80. The van der Waals surface area contributed by atoms with E-state index in [1.807, 2.05) is 0 Å². The van der Waals surface area contributed by atoms with Gasteiger partial charge in [-0.25, -0.2) is 13.2 Å². The van der Waals surface area contributed by atoms with Crippen LogP contribution in [-0.2, 0) is 0 Å². The van der Waals surface area contributed by atoms with Crippen LogP contribution in [0.2, 0.25) is 5.02 Å². The molecular weight excluding hydrogens is 379 g/mol. The molecule has 2 atom stereocenters. The highest BCUT2D eigenvalue weighted by Gasteiger charge is 2.18. The molecule has 2 aromatic carbocycles. The summed E-state index contributed by atoms with van der Waals surface area (Å²) in [7, 11) is 0. The second-order valence-corrected chi connectivity index (χ2v) is 6.71. The van der Waals surface area contributed by atoms with Gasteiger partial charge in [-0.1, -0.05) is 30.7 Å². The van der Waals surface area contributed by atoms with Crippen LogP contribution < -0.4 is 5.56 Å². The van der Waals surface area contributed by atoms with Gasteiger partial charge in [-0.2, -0.15) is 0 Å². The molecule has 0 saturated carbocycles. The van der Waals surface area contributed by atoms with Crippen LogP contribution in [0.3, 0.4) is 0 Å². The van der Waals surface area contributed by atoms with Gasteiger partial charge < -0.3 is 10.1 Å². The summed E-state index contributed by atoms with van der Waals surface area (Å²) in [4.78, 5) is 14.3. The molecule has 141 valence electrons. The number of nitrogens with one attached hydrogen (secondary N) is 1. The molecule has 27 heavy (non-hydrogen) atoms. The molecule has 0 spiro atoms. The van der Waals surface area contributed by atoms with Gasteiger partial charge in [0.25, 0.3) is 5.56 Å². The number of aliphatic hydroxyl groups excluding tert-OH is 1. The van der Waals surface area contributed by atoms with Crippen molar-refractivity contribution in [3.63, 3.8) is 0 Å². The van der Waals surface area contributed by atoms with Crippen LogP contribution >= 0.6 is 11.6 Å². The van der Waals surface area contributed by atoms with Crippen LogP contribution in [0.1, 0.15) is 36.5 Å². The Morgan fingerprint density at radius 1 is 1.19 bits per heavy atom. The van der Waals surface area contributed by atoms with E-state index in [1.54, 1.807) is 13.3 Å². The van der Waals surface area contributed by atoms with Crippen molar-refractivity contribution < 1.29 is 18.3 Å². The Labute approximate surface area is 158 Å². The highest BCUT2D eigenvalue weighted by Crippen LogP contribution is 2.31. The maximum Gasteiger partial charge on any atom is 0.258 e. The van der Waals surface area contributed by atoms with Gasteiger partial charge in [0.1, 0.15) is 5.82 Å². The number of rotatable bonds is 5. The van der Waals surface area contributed by atoms with E-state index in [4.69, 9.17) is 11.6 Å². The lowest BCUT2D eigenvalue weighted by atomic mass is 9.91. The van der Waals surface area contributed by atoms with Crippen LogP contribution in [0.5, 0.6) is 0 Å². The van der Waals surface area contributed by atoms with Gasteiger partial charge in [0.15, 0.2) is 11.6 Å². The summed E-state index contributed by atoms with van der Waals surface area (Å²) in [6, 6.07) is 6.31. The smallest absolute Gasteiger partial charge is 0.258 e. The van der Waals surface area contributed by atoms with E-state index in [1.165, 1.54) is 30.5 Å². The normalized spacial score (nSPS) is 13.7. The second-order valence-electron chi connectivity index (χ2n) is 6.31. The van der Waals surface area contributed by atoms with Gasteiger partial charge in [0, 0.05) is 6.20 Å². The molecule has 3 nitrogen and oxygen atoms in total. The van der Waals surface area contributed by atoms with Crippen molar-refractivity contribution in [3.05, 3.63) is 86.9 Å². The zero-order valence-corrected chi connectivity index (χ0v) is 15.0. The minimum atomic E-state index is -1.19. The number of aliphatic hydroxyl groups is 1. The molecule has 3 aromatic rings. The number of halogens is 4. The highest BCUT2D eigenvalue weighted by atomic mass is 35.5. The van der Waals surface area contributed by atoms with E-state index in [0.29, 0.717) is 16.5 Å². The minimum absolute atomic E-state index is 0.0799. The number of H-pyrrole nitrogens is 1. The largest absolute Gasteiger partial charge is 0.388 e. The van der Waals surface area contributed by atoms with Crippen LogP contribution in [-0.4, -0.2) is 10.1 Å². The highest BCUT2D eigenvalue weighted by molar-refractivity contribution is 6.30. The topological polar surface area (TPSA) is 53.1 Å². The quantitative estimate of drug-likeness (QED) is 0.637. The van der Waals surface area contributed by atoms with Crippen LogP contribution in [0.25, 0.3) is 10.8 Å². The first-order valence-electron chi connectivity index (χ1n) is 8.25. The third kappa shape index (κ3) is 3.87. The molecular formula is C20H16ClF3NO2. The molecule has 7 heteroatoms. The average molecular weight is 395 g/mol. The first kappa shape index (κ1) is 19.5. The molecule has 3 rings (SSSR count). The third-order valence-electron chi connectivity index (χ3n) is 4.52. The summed E-state index contributed by atoms with van der Waals surface area (Å²) in [5.41, 5.74) is 0.344. The predicted octanol–water partition coefficient (Wildman–Crippen LogP) is 5.03. The van der Waals surface area contributed by atoms with E-state index in [0.717, 1.165) is 6.07 Å². The Morgan fingerprint density at radius 3 is 2.59 bits per heavy atom. The van der Waals surface area contributed by atoms with E-state index < -0.39 is 29.1 Å². The van der Waals surface area contributed by atoms with Gasteiger partial charge in [0.05, 0.1) is 16.5 Å². The Morgan fingerprint density at radius 2 is 1.89 bits per heavy atom. The second kappa shape index (κ2) is 7.74. The van der Waals surface area contributed by atoms with Gasteiger partial charge in [-0.05, 0) is 53.5 Å². The molecule has 0 saturated heterocycles. The van der Waals surface area contributed by atoms with Crippen molar-refractivity contribution in [2.24, 2.45) is 0 Å². The van der Waals surface area contributed by atoms with E-state index in [2.05, 4.69) is 4.98 Å². The lowest BCUT2D eigenvalue weighted by molar-refractivity contribution is 0.175. The standard InChI is InChI=1S/C20H16ClF3NO2/c1-10(2-7-17(26)11-3-5-15(22)14(21)8-11)13-9-25-20(27)18-12(13)4-6-16(23)19(18)24/h2-6,8-10,17,26H,7H2,1H3,(H,25,27). The Kier molecular flexibility index (Phi) is 5.58. The summed E-state index contributed by atoms with van der Waals surface area (Å²) in [5.74, 6) is -3.13. The monoisotopic (exact) mass is 394 g/mol. The van der Waals surface area contributed by atoms with Crippen molar-refractivity contribution in [2.45, 2.75) is 25.4 Å². The number of aromatic amines is 1.